The number of hydrogen-bond donors (Lipinski definition) is 3. The lowest BCUT2D eigenvalue weighted by Crippen LogP contribution is -2.42. The van der Waals surface area contributed by atoms with Gasteiger partial charge in [-0.25, -0.2) is 17.9 Å². The number of aromatic nitrogens is 1. The standard InChI is InChI=1S/C34H29FN4O8S3/c1-46-23-12-15(2-11-22(23)47-14-24(40)37-17-5-9-19(10-6-17)50(36,44)45)25-26-20-13-21(29(26)48-31-30(25)49-34(43)38-31)28-27(20)32(41)39(33(28)42)18-7-3-16(35)4-8-18/h2-12,20-21,25-29H,13-14H2,1H3,(H,37,40)(H,38,43)(H2,36,44,45)/t20-,21-,25+,26-,27+,28+,29-/m1/s1. The molecule has 1 aromatic heterocycles. The number of carbonyl (C=O) groups is 3. The number of carbonyl (C=O) groups excluding carboxylic acids is 3. The van der Waals surface area contributed by atoms with Crippen molar-refractivity contribution in [3.8, 4) is 11.5 Å². The van der Waals surface area contributed by atoms with E-state index in [-0.39, 0.29) is 57.1 Å². The molecule has 8 rings (SSSR count). The van der Waals surface area contributed by atoms with Crippen LogP contribution in [0.25, 0.3) is 0 Å². The van der Waals surface area contributed by atoms with Gasteiger partial charge in [0.05, 0.1) is 34.6 Å². The first-order valence-corrected chi connectivity index (χ1v) is 18.9. The molecule has 3 fully saturated rings. The fraction of sp³-hybridized carbons (Fsp3) is 0.294. The van der Waals surface area contributed by atoms with Crippen LogP contribution in [-0.2, 0) is 24.4 Å². The average molecular weight is 737 g/mol. The number of sulfonamides is 1. The lowest BCUT2D eigenvalue weighted by molar-refractivity contribution is -0.123. The van der Waals surface area contributed by atoms with Gasteiger partial charge in [-0.1, -0.05) is 17.4 Å². The first kappa shape index (κ1) is 32.7. The molecule has 2 aliphatic heterocycles. The van der Waals surface area contributed by atoms with Crippen molar-refractivity contribution in [1.29, 1.82) is 0 Å². The molecule has 3 amide bonds. The van der Waals surface area contributed by atoms with Gasteiger partial charge in [0.15, 0.2) is 18.1 Å². The van der Waals surface area contributed by atoms with E-state index in [1.165, 1.54) is 60.5 Å². The number of imide groups is 1. The van der Waals surface area contributed by atoms with Crippen LogP contribution in [0, 0.1) is 35.4 Å². The minimum atomic E-state index is -3.87. The lowest BCUT2D eigenvalue weighted by atomic mass is 9.68. The SMILES string of the molecule is COc1cc([C@@H]2c3sc(=O)[nH]c3S[C@@H]3[C@@H]4C[C@@H]([C@@H]5C(=O)N(c6ccc(F)cc6)C(=O)[C@@H]45)[C@H]23)ccc1OCC(=O)Nc1ccc(S(N)(=O)=O)cc1. The maximum absolute atomic E-state index is 13.9. The van der Waals surface area contributed by atoms with Crippen LogP contribution in [0.3, 0.4) is 0 Å². The molecule has 12 nitrogen and oxygen atoms in total. The van der Waals surface area contributed by atoms with Gasteiger partial charge in [0.2, 0.25) is 21.8 Å². The average Bonchev–Trinajstić information content (AvgIpc) is 3.83. The number of H-pyrrole nitrogens is 1. The van der Waals surface area contributed by atoms with E-state index in [1.807, 2.05) is 12.1 Å². The van der Waals surface area contributed by atoms with Crippen molar-refractivity contribution in [2.75, 3.05) is 23.9 Å². The normalized spacial score (nSPS) is 26.4. The fourth-order valence-corrected chi connectivity index (χ4v) is 11.7. The lowest BCUT2D eigenvalue weighted by Gasteiger charge is -2.43. The molecule has 0 unspecified atom stereocenters. The van der Waals surface area contributed by atoms with E-state index in [0.29, 0.717) is 29.3 Å². The number of rotatable bonds is 8. The van der Waals surface area contributed by atoms with E-state index >= 15 is 0 Å². The zero-order valence-electron chi connectivity index (χ0n) is 26.2. The maximum atomic E-state index is 13.9. The number of thioether (sulfide) groups is 1. The van der Waals surface area contributed by atoms with Gasteiger partial charge in [0.1, 0.15) is 5.82 Å². The predicted molar refractivity (Wildman–Crippen MR) is 182 cm³/mol. The summed E-state index contributed by atoms with van der Waals surface area (Å²) in [5.41, 5.74) is 1.56. The van der Waals surface area contributed by atoms with E-state index in [4.69, 9.17) is 14.6 Å². The Balaban J connectivity index is 1.06. The number of thiazole rings is 1. The van der Waals surface area contributed by atoms with Gasteiger partial charge in [-0.15, -0.1) is 11.8 Å². The fourth-order valence-electron chi connectivity index (χ4n) is 8.30. The molecule has 7 atom stereocenters. The highest BCUT2D eigenvalue weighted by atomic mass is 32.2. The first-order valence-electron chi connectivity index (χ1n) is 15.7. The molecular formula is C34H29FN4O8S3. The van der Waals surface area contributed by atoms with Gasteiger partial charge in [-0.05, 0) is 90.4 Å². The number of halogens is 1. The van der Waals surface area contributed by atoms with Gasteiger partial charge in [-0.2, -0.15) is 0 Å². The van der Waals surface area contributed by atoms with Crippen LogP contribution in [-0.4, -0.2) is 50.1 Å². The molecule has 2 bridgehead atoms. The molecule has 16 heteroatoms. The largest absolute Gasteiger partial charge is 0.493 e. The van der Waals surface area contributed by atoms with Crippen molar-refractivity contribution < 1.29 is 36.7 Å². The van der Waals surface area contributed by atoms with Crippen molar-refractivity contribution in [1.82, 2.24) is 4.98 Å². The molecule has 4 aromatic rings. The smallest absolute Gasteiger partial charge is 0.305 e. The molecule has 2 aliphatic carbocycles. The van der Waals surface area contributed by atoms with Gasteiger partial charge in [0, 0.05) is 21.7 Å². The van der Waals surface area contributed by atoms with Crippen LogP contribution >= 0.6 is 23.1 Å². The molecule has 0 spiro atoms. The monoisotopic (exact) mass is 736 g/mol. The topological polar surface area (TPSA) is 178 Å². The molecule has 0 radical (unpaired) electrons. The number of benzene rings is 3. The van der Waals surface area contributed by atoms with Crippen molar-refractivity contribution >= 4 is 62.2 Å². The van der Waals surface area contributed by atoms with E-state index in [9.17, 15) is 32.0 Å². The zero-order chi connectivity index (χ0) is 35.1. The Morgan fingerprint density at radius 3 is 2.38 bits per heavy atom. The summed E-state index contributed by atoms with van der Waals surface area (Å²) < 4.78 is 48.2. The maximum Gasteiger partial charge on any atom is 0.305 e. The Bertz CT molecular complexity index is 2220. The molecule has 50 heavy (non-hydrogen) atoms. The molecule has 1 saturated heterocycles. The van der Waals surface area contributed by atoms with Gasteiger partial charge in [0.25, 0.3) is 5.91 Å². The number of hydrogen-bond acceptors (Lipinski definition) is 10. The molecule has 3 aromatic carbocycles. The number of primary sulfonamides is 1. The van der Waals surface area contributed by atoms with Crippen LogP contribution in [0.2, 0.25) is 0 Å². The second kappa shape index (κ2) is 12.1. The summed E-state index contributed by atoms with van der Waals surface area (Å²) in [4.78, 5) is 57.8. The number of amides is 3. The summed E-state index contributed by atoms with van der Waals surface area (Å²) >= 11 is 2.71. The Morgan fingerprint density at radius 1 is 1.00 bits per heavy atom. The number of aromatic amines is 1. The molecular weight excluding hydrogens is 708 g/mol. The van der Waals surface area contributed by atoms with Crippen molar-refractivity contribution in [2.24, 2.45) is 34.7 Å². The Hall–Kier alpha value is -4.51. The minimum Gasteiger partial charge on any atom is -0.493 e. The Labute approximate surface area is 293 Å². The summed E-state index contributed by atoms with van der Waals surface area (Å²) in [5.74, 6) is -2.34. The summed E-state index contributed by atoms with van der Waals surface area (Å²) in [5, 5.41) is 8.50. The van der Waals surface area contributed by atoms with Crippen LogP contribution in [0.4, 0.5) is 15.8 Å². The third-order valence-corrected chi connectivity index (χ3v) is 13.7. The first-order chi connectivity index (χ1) is 23.9. The zero-order valence-corrected chi connectivity index (χ0v) is 28.6. The van der Waals surface area contributed by atoms with E-state index in [1.54, 1.807) is 17.8 Å². The number of ether oxygens (including phenoxy) is 2. The Kier molecular flexibility index (Phi) is 7.89. The Morgan fingerprint density at radius 2 is 1.70 bits per heavy atom. The molecule has 2 saturated carbocycles. The van der Waals surface area contributed by atoms with Gasteiger partial charge in [-0.3, -0.25) is 24.1 Å². The number of anilines is 2. The summed E-state index contributed by atoms with van der Waals surface area (Å²) in [7, 11) is -2.39. The molecule has 4 aliphatic rings. The van der Waals surface area contributed by atoms with Crippen molar-refractivity contribution in [3.63, 3.8) is 0 Å². The highest BCUT2D eigenvalue weighted by Crippen LogP contribution is 2.68. The number of nitrogens with one attached hydrogen (secondary N) is 2. The summed E-state index contributed by atoms with van der Waals surface area (Å²) in [6.07, 6.45) is 0.709. The van der Waals surface area contributed by atoms with Crippen LogP contribution in [0.1, 0.15) is 22.8 Å². The van der Waals surface area contributed by atoms with E-state index in [0.717, 1.165) is 26.8 Å². The second-order valence-corrected chi connectivity index (χ2v) is 16.5. The van der Waals surface area contributed by atoms with Crippen molar-refractivity contribution in [2.45, 2.75) is 27.5 Å². The van der Waals surface area contributed by atoms with Gasteiger partial charge >= 0.3 is 4.87 Å². The summed E-state index contributed by atoms with van der Waals surface area (Å²) in [6.45, 7) is -0.367. The van der Waals surface area contributed by atoms with Gasteiger partial charge < -0.3 is 19.8 Å². The van der Waals surface area contributed by atoms with E-state index < -0.39 is 33.6 Å². The number of methoxy groups -OCH3 is 1. The second-order valence-electron chi connectivity index (χ2n) is 12.8. The van der Waals surface area contributed by atoms with Crippen LogP contribution in [0.5, 0.6) is 11.5 Å². The molecule has 3 heterocycles. The summed E-state index contributed by atoms with van der Waals surface area (Å²) in [6, 6.07) is 16.2. The quantitative estimate of drug-likeness (QED) is 0.226. The third-order valence-electron chi connectivity index (χ3n) is 10.2. The number of nitrogens with zero attached hydrogens (tertiary/aromatic N) is 1. The number of nitrogens with two attached hydrogens (primary N) is 1. The number of fused-ring (bicyclic) bond motifs is 9. The third kappa shape index (κ3) is 5.32. The predicted octanol–water partition coefficient (Wildman–Crippen LogP) is 3.93. The highest BCUT2D eigenvalue weighted by molar-refractivity contribution is 8.00. The van der Waals surface area contributed by atoms with E-state index in [2.05, 4.69) is 10.3 Å². The minimum absolute atomic E-state index is 0.0291. The highest BCUT2D eigenvalue weighted by Gasteiger charge is 2.69. The van der Waals surface area contributed by atoms with Crippen LogP contribution < -0.4 is 29.7 Å². The van der Waals surface area contributed by atoms with Crippen molar-refractivity contribution in [3.05, 3.63) is 92.7 Å². The van der Waals surface area contributed by atoms with Crippen LogP contribution in [0.15, 0.2) is 81.4 Å². The molecule has 4 N–H and O–H groups in total. The molecule has 258 valence electrons.